The summed E-state index contributed by atoms with van der Waals surface area (Å²) in [5.74, 6) is -0.558. The molecule has 33 heavy (non-hydrogen) atoms. The Morgan fingerprint density at radius 3 is 2.12 bits per heavy atom. The number of para-hydroxylation sites is 1. The largest absolute Gasteiger partial charge is 0.493 e. The van der Waals surface area contributed by atoms with Crippen molar-refractivity contribution in [3.8, 4) is 11.5 Å². The molecule has 0 spiro atoms. The molecule has 1 aliphatic heterocycles. The van der Waals surface area contributed by atoms with Crippen molar-refractivity contribution in [2.45, 2.75) is 6.92 Å². The summed E-state index contributed by atoms with van der Waals surface area (Å²) in [7, 11) is 2.80. The summed E-state index contributed by atoms with van der Waals surface area (Å²) in [5.41, 5.74) is 1.98. The monoisotopic (exact) mass is 444 g/mol. The van der Waals surface area contributed by atoms with Crippen LogP contribution in [0.4, 0.5) is 11.4 Å². The van der Waals surface area contributed by atoms with Gasteiger partial charge in [0.25, 0.3) is 17.5 Å². The number of aryl methyl sites for hydroxylation is 1. The SMILES string of the molecule is COc1cc(/C=C2\C(=O)N(c3ccccc3C)C(=O)c3ccccc32)c([N+](=O)[O-])cc1OC. The lowest BCUT2D eigenvalue weighted by atomic mass is 9.91. The van der Waals surface area contributed by atoms with E-state index in [0.29, 0.717) is 16.8 Å². The predicted molar refractivity (Wildman–Crippen MR) is 124 cm³/mol. The van der Waals surface area contributed by atoms with E-state index in [9.17, 15) is 19.7 Å². The highest BCUT2D eigenvalue weighted by atomic mass is 16.6. The van der Waals surface area contributed by atoms with E-state index in [1.54, 1.807) is 49.4 Å². The fraction of sp³-hybridized carbons (Fsp3) is 0.120. The lowest BCUT2D eigenvalue weighted by Crippen LogP contribution is -2.42. The molecule has 0 N–H and O–H groups in total. The first-order chi connectivity index (χ1) is 15.9. The molecule has 0 radical (unpaired) electrons. The summed E-state index contributed by atoms with van der Waals surface area (Å²) < 4.78 is 10.5. The number of nitro benzene ring substituents is 1. The Labute approximate surface area is 189 Å². The van der Waals surface area contributed by atoms with Crippen LogP contribution >= 0.6 is 0 Å². The number of anilines is 1. The Kier molecular flexibility index (Phi) is 5.66. The van der Waals surface area contributed by atoms with E-state index in [1.165, 1.54) is 32.4 Å². The molecular weight excluding hydrogens is 424 g/mol. The number of rotatable bonds is 5. The van der Waals surface area contributed by atoms with Gasteiger partial charge in [-0.1, -0.05) is 36.4 Å². The van der Waals surface area contributed by atoms with Gasteiger partial charge in [-0.15, -0.1) is 0 Å². The molecule has 0 aliphatic carbocycles. The van der Waals surface area contributed by atoms with Crippen molar-refractivity contribution in [1.82, 2.24) is 0 Å². The zero-order chi connectivity index (χ0) is 23.7. The van der Waals surface area contributed by atoms with E-state index in [-0.39, 0.29) is 28.3 Å². The maximum Gasteiger partial charge on any atom is 0.280 e. The molecule has 8 nitrogen and oxygen atoms in total. The fourth-order valence-electron chi connectivity index (χ4n) is 3.84. The Morgan fingerprint density at radius 2 is 1.48 bits per heavy atom. The number of imide groups is 1. The van der Waals surface area contributed by atoms with Crippen LogP contribution in [-0.2, 0) is 4.79 Å². The highest BCUT2D eigenvalue weighted by molar-refractivity contribution is 6.43. The van der Waals surface area contributed by atoms with Gasteiger partial charge in [0.2, 0.25) is 0 Å². The van der Waals surface area contributed by atoms with Crippen LogP contribution in [0.3, 0.4) is 0 Å². The van der Waals surface area contributed by atoms with Crippen LogP contribution in [0.5, 0.6) is 11.5 Å². The minimum atomic E-state index is -0.572. The van der Waals surface area contributed by atoms with Crippen LogP contribution in [0, 0.1) is 17.0 Å². The summed E-state index contributed by atoms with van der Waals surface area (Å²) in [6.45, 7) is 1.80. The summed E-state index contributed by atoms with van der Waals surface area (Å²) in [5, 5.41) is 11.8. The molecule has 0 saturated carbocycles. The van der Waals surface area contributed by atoms with Crippen LogP contribution in [-0.4, -0.2) is 31.0 Å². The summed E-state index contributed by atoms with van der Waals surface area (Å²) in [4.78, 5) is 39.2. The minimum Gasteiger partial charge on any atom is -0.493 e. The van der Waals surface area contributed by atoms with E-state index >= 15 is 0 Å². The quantitative estimate of drug-likeness (QED) is 0.246. The van der Waals surface area contributed by atoms with Gasteiger partial charge in [-0.05, 0) is 42.3 Å². The second-order valence-corrected chi connectivity index (χ2v) is 7.36. The van der Waals surface area contributed by atoms with Gasteiger partial charge < -0.3 is 9.47 Å². The van der Waals surface area contributed by atoms with E-state index < -0.39 is 16.7 Å². The maximum absolute atomic E-state index is 13.6. The molecular formula is C25H20N2O6. The average molecular weight is 444 g/mol. The maximum atomic E-state index is 13.6. The van der Waals surface area contributed by atoms with Gasteiger partial charge in [-0.3, -0.25) is 19.7 Å². The molecule has 0 unspecified atom stereocenters. The molecule has 8 heteroatoms. The number of hydrogen-bond acceptors (Lipinski definition) is 6. The second kappa shape index (κ2) is 8.58. The number of carbonyl (C=O) groups is 2. The van der Waals surface area contributed by atoms with Gasteiger partial charge in [0.15, 0.2) is 11.5 Å². The van der Waals surface area contributed by atoms with Crippen LogP contribution in [0.1, 0.15) is 27.0 Å². The second-order valence-electron chi connectivity index (χ2n) is 7.36. The molecule has 4 rings (SSSR count). The summed E-state index contributed by atoms with van der Waals surface area (Å²) in [6, 6.07) is 16.4. The Bertz CT molecular complexity index is 1330. The molecule has 1 heterocycles. The van der Waals surface area contributed by atoms with Crippen molar-refractivity contribution in [3.63, 3.8) is 0 Å². The average Bonchev–Trinajstić information content (AvgIpc) is 2.82. The van der Waals surface area contributed by atoms with Crippen molar-refractivity contribution in [3.05, 3.63) is 93.0 Å². The standard InChI is InChI=1S/C25H20N2O6/c1-15-8-4-7-11-20(15)26-24(28)18-10-6-5-9-17(18)19(25(26)29)12-16-13-22(32-2)23(33-3)14-21(16)27(30)31/h4-14H,1-3H3/b19-12-. The zero-order valence-corrected chi connectivity index (χ0v) is 18.2. The number of carbonyl (C=O) groups excluding carboxylic acids is 2. The molecule has 0 atom stereocenters. The highest BCUT2D eigenvalue weighted by Crippen LogP contribution is 2.39. The zero-order valence-electron chi connectivity index (χ0n) is 18.2. The normalized spacial score (nSPS) is 14.3. The lowest BCUT2D eigenvalue weighted by molar-refractivity contribution is -0.385. The van der Waals surface area contributed by atoms with Crippen LogP contribution in [0.2, 0.25) is 0 Å². The van der Waals surface area contributed by atoms with Crippen molar-refractivity contribution in [1.29, 1.82) is 0 Å². The number of methoxy groups -OCH3 is 2. The van der Waals surface area contributed by atoms with Gasteiger partial charge in [0, 0.05) is 11.1 Å². The number of hydrogen-bond donors (Lipinski definition) is 0. The topological polar surface area (TPSA) is 99.0 Å². The van der Waals surface area contributed by atoms with Gasteiger partial charge in [0.05, 0.1) is 36.5 Å². The molecule has 0 fully saturated rings. The van der Waals surface area contributed by atoms with E-state index in [0.717, 1.165) is 10.5 Å². The summed E-state index contributed by atoms with van der Waals surface area (Å²) in [6.07, 6.45) is 1.42. The number of ether oxygens (including phenoxy) is 2. The fourth-order valence-corrected chi connectivity index (χ4v) is 3.84. The Hall–Kier alpha value is -4.46. The smallest absolute Gasteiger partial charge is 0.280 e. The van der Waals surface area contributed by atoms with Crippen LogP contribution in [0.15, 0.2) is 60.7 Å². The minimum absolute atomic E-state index is 0.148. The number of benzene rings is 3. The van der Waals surface area contributed by atoms with Gasteiger partial charge >= 0.3 is 0 Å². The predicted octanol–water partition coefficient (Wildman–Crippen LogP) is 4.65. The molecule has 1 aliphatic rings. The first kappa shape index (κ1) is 21.8. The summed E-state index contributed by atoms with van der Waals surface area (Å²) >= 11 is 0. The molecule has 3 aromatic carbocycles. The molecule has 166 valence electrons. The number of fused-ring (bicyclic) bond motifs is 1. The van der Waals surface area contributed by atoms with E-state index in [4.69, 9.17) is 9.47 Å². The van der Waals surface area contributed by atoms with E-state index in [1.807, 2.05) is 6.07 Å². The molecule has 0 bridgehead atoms. The molecule has 0 aromatic heterocycles. The van der Waals surface area contributed by atoms with Crippen molar-refractivity contribution in [2.75, 3.05) is 19.1 Å². The number of amides is 2. The highest BCUT2D eigenvalue weighted by Gasteiger charge is 2.36. The van der Waals surface area contributed by atoms with Gasteiger partial charge in [-0.25, -0.2) is 4.90 Å². The van der Waals surface area contributed by atoms with Crippen molar-refractivity contribution < 1.29 is 24.0 Å². The number of nitrogens with zero attached hydrogens (tertiary/aromatic N) is 2. The third-order valence-corrected chi connectivity index (χ3v) is 5.47. The van der Waals surface area contributed by atoms with Gasteiger partial charge in [0.1, 0.15) is 0 Å². The first-order valence-electron chi connectivity index (χ1n) is 10.0. The third-order valence-electron chi connectivity index (χ3n) is 5.47. The van der Waals surface area contributed by atoms with Crippen molar-refractivity contribution >= 4 is 34.8 Å². The Morgan fingerprint density at radius 1 is 0.879 bits per heavy atom. The first-order valence-corrected chi connectivity index (χ1v) is 10.0. The Balaban J connectivity index is 1.98. The molecule has 3 aromatic rings. The van der Waals surface area contributed by atoms with Gasteiger partial charge in [-0.2, -0.15) is 0 Å². The third kappa shape index (κ3) is 3.71. The van der Waals surface area contributed by atoms with E-state index in [2.05, 4.69) is 0 Å². The number of nitro groups is 1. The van der Waals surface area contributed by atoms with Crippen LogP contribution in [0.25, 0.3) is 11.6 Å². The van der Waals surface area contributed by atoms with Crippen molar-refractivity contribution in [2.24, 2.45) is 0 Å². The van der Waals surface area contributed by atoms with Crippen LogP contribution < -0.4 is 14.4 Å². The lowest BCUT2D eigenvalue weighted by Gasteiger charge is -2.29. The molecule has 0 saturated heterocycles. The molecule has 2 amide bonds.